The average Bonchev–Trinajstić information content (AvgIpc) is 2.99. The maximum Gasteiger partial charge on any atom is 0.338 e. The van der Waals surface area contributed by atoms with Crippen LogP contribution in [0, 0.1) is 5.41 Å². The van der Waals surface area contributed by atoms with Crippen LogP contribution in [0.1, 0.15) is 20.7 Å². The number of esters is 2. The van der Waals surface area contributed by atoms with Crippen LogP contribution in [0.15, 0.2) is 109 Å². The number of benzene rings is 4. The molecular formula is C31H26FNO5. The van der Waals surface area contributed by atoms with Crippen molar-refractivity contribution in [1.29, 1.82) is 5.41 Å². The van der Waals surface area contributed by atoms with Gasteiger partial charge in [-0.2, -0.15) is 0 Å². The minimum atomic E-state index is -2.10. The van der Waals surface area contributed by atoms with Gasteiger partial charge in [0.15, 0.2) is 12.3 Å². The highest BCUT2D eigenvalue weighted by Gasteiger charge is 2.32. The van der Waals surface area contributed by atoms with Crippen LogP contribution in [0.25, 0.3) is 22.3 Å². The van der Waals surface area contributed by atoms with Gasteiger partial charge < -0.3 is 20.0 Å². The molecule has 3 atom stereocenters. The fourth-order valence-electron chi connectivity index (χ4n) is 3.84. The summed E-state index contributed by atoms with van der Waals surface area (Å²) in [5, 5.41) is 17.7. The molecule has 0 saturated heterocycles. The Balaban J connectivity index is 1.37. The molecule has 0 spiro atoms. The van der Waals surface area contributed by atoms with Gasteiger partial charge in [-0.3, -0.25) is 0 Å². The highest BCUT2D eigenvalue weighted by molar-refractivity contribution is 5.91. The normalized spacial score (nSPS) is 13.1. The maximum atomic E-state index is 14.4. The van der Waals surface area contributed by atoms with E-state index in [4.69, 9.17) is 14.9 Å². The topological polar surface area (TPSA) is 96.7 Å². The molecular weight excluding hydrogens is 485 g/mol. The van der Waals surface area contributed by atoms with Crippen molar-refractivity contribution in [3.63, 3.8) is 0 Å². The van der Waals surface area contributed by atoms with Gasteiger partial charge in [0.2, 0.25) is 0 Å². The maximum absolute atomic E-state index is 14.4. The molecule has 0 aliphatic heterocycles. The fraction of sp³-hybridized carbons (Fsp3) is 0.129. The molecule has 6 nitrogen and oxygen atoms in total. The van der Waals surface area contributed by atoms with E-state index in [0.29, 0.717) is 6.21 Å². The molecule has 38 heavy (non-hydrogen) atoms. The number of rotatable bonds is 10. The number of aliphatic hydroxyl groups is 1. The van der Waals surface area contributed by atoms with E-state index >= 15 is 0 Å². The van der Waals surface area contributed by atoms with Crippen LogP contribution in [-0.4, -0.2) is 48.2 Å². The van der Waals surface area contributed by atoms with Crippen molar-refractivity contribution in [3.8, 4) is 22.3 Å². The smallest absolute Gasteiger partial charge is 0.338 e. The summed E-state index contributed by atoms with van der Waals surface area (Å²) in [6.07, 6.45) is -5.10. The summed E-state index contributed by atoms with van der Waals surface area (Å²) >= 11 is 0. The number of ether oxygens (including phenoxy) is 2. The zero-order valence-corrected chi connectivity index (χ0v) is 20.4. The van der Waals surface area contributed by atoms with Crippen molar-refractivity contribution in [2.24, 2.45) is 0 Å². The van der Waals surface area contributed by atoms with Gasteiger partial charge in [0.25, 0.3) is 0 Å². The van der Waals surface area contributed by atoms with Gasteiger partial charge >= 0.3 is 11.9 Å². The summed E-state index contributed by atoms with van der Waals surface area (Å²) in [6, 6.07) is 32.4. The first kappa shape index (κ1) is 26.4. The van der Waals surface area contributed by atoms with Gasteiger partial charge in [-0.1, -0.05) is 84.9 Å². The first-order valence-corrected chi connectivity index (χ1v) is 12.0. The van der Waals surface area contributed by atoms with Crippen LogP contribution in [0.5, 0.6) is 0 Å². The van der Waals surface area contributed by atoms with Crippen LogP contribution in [-0.2, 0) is 9.47 Å². The Morgan fingerprint density at radius 3 is 1.58 bits per heavy atom. The summed E-state index contributed by atoms with van der Waals surface area (Å²) in [5.41, 5.74) is 4.14. The SMILES string of the molecule is N=C[C@@H](F)[C@H](OC(=O)c1ccc(-c2ccccc2)cc1)[C@H](O)COC(=O)c1ccc(-c2ccccc2)cc1. The molecule has 0 aromatic heterocycles. The van der Waals surface area contributed by atoms with Crippen molar-refractivity contribution in [2.45, 2.75) is 18.4 Å². The van der Waals surface area contributed by atoms with Crippen LogP contribution in [0.2, 0.25) is 0 Å². The molecule has 7 heteroatoms. The van der Waals surface area contributed by atoms with E-state index in [9.17, 15) is 19.1 Å². The van der Waals surface area contributed by atoms with Crippen LogP contribution >= 0.6 is 0 Å². The lowest BCUT2D eigenvalue weighted by atomic mass is 10.0. The van der Waals surface area contributed by atoms with Crippen molar-refractivity contribution in [3.05, 3.63) is 120 Å². The average molecular weight is 512 g/mol. The van der Waals surface area contributed by atoms with Crippen molar-refractivity contribution in [1.82, 2.24) is 0 Å². The number of hydrogen-bond donors (Lipinski definition) is 2. The van der Waals surface area contributed by atoms with E-state index in [-0.39, 0.29) is 11.1 Å². The largest absolute Gasteiger partial charge is 0.459 e. The second kappa shape index (κ2) is 12.6. The predicted molar refractivity (Wildman–Crippen MR) is 143 cm³/mol. The monoisotopic (exact) mass is 511 g/mol. The minimum absolute atomic E-state index is 0.148. The van der Waals surface area contributed by atoms with Gasteiger partial charge in [-0.25, -0.2) is 14.0 Å². The number of nitrogens with one attached hydrogen (secondary N) is 1. The summed E-state index contributed by atoms with van der Waals surface area (Å²) in [4.78, 5) is 25.1. The summed E-state index contributed by atoms with van der Waals surface area (Å²) < 4.78 is 24.8. The molecule has 0 heterocycles. The Morgan fingerprint density at radius 2 is 1.13 bits per heavy atom. The summed E-state index contributed by atoms with van der Waals surface area (Å²) in [7, 11) is 0. The zero-order chi connectivity index (χ0) is 26.9. The Morgan fingerprint density at radius 1 is 0.711 bits per heavy atom. The fourth-order valence-corrected chi connectivity index (χ4v) is 3.84. The lowest BCUT2D eigenvalue weighted by molar-refractivity contribution is -0.0591. The van der Waals surface area contributed by atoms with Crippen LogP contribution < -0.4 is 0 Å². The molecule has 4 aromatic rings. The number of hydrogen-bond acceptors (Lipinski definition) is 6. The number of alkyl halides is 1. The number of carbonyl (C=O) groups is 2. The minimum Gasteiger partial charge on any atom is -0.459 e. The third kappa shape index (κ3) is 6.57. The van der Waals surface area contributed by atoms with E-state index in [1.165, 1.54) is 12.1 Å². The van der Waals surface area contributed by atoms with E-state index in [0.717, 1.165) is 22.3 Å². The zero-order valence-electron chi connectivity index (χ0n) is 20.4. The summed E-state index contributed by atoms with van der Waals surface area (Å²) in [5.74, 6) is -1.60. The second-order valence-corrected chi connectivity index (χ2v) is 8.53. The first-order valence-electron chi connectivity index (χ1n) is 12.0. The Kier molecular flexibility index (Phi) is 8.74. The Labute approximate surface area is 219 Å². The highest BCUT2D eigenvalue weighted by atomic mass is 19.1. The molecule has 0 bridgehead atoms. The van der Waals surface area contributed by atoms with Gasteiger partial charge in [-0.15, -0.1) is 0 Å². The molecule has 0 radical (unpaired) electrons. The molecule has 4 aromatic carbocycles. The van der Waals surface area contributed by atoms with Crippen molar-refractivity contribution in [2.75, 3.05) is 6.61 Å². The van der Waals surface area contributed by atoms with E-state index < -0.39 is 36.9 Å². The molecule has 0 aliphatic rings. The third-order valence-electron chi connectivity index (χ3n) is 5.94. The predicted octanol–water partition coefficient (Wildman–Crippen LogP) is 5.75. The molecule has 0 saturated carbocycles. The molecule has 0 unspecified atom stereocenters. The standard InChI is InChI=1S/C31H26FNO5/c32-27(19-33)29(38-31(36)26-17-13-24(14-18-26)22-9-5-2-6-10-22)28(34)20-37-30(35)25-15-11-23(12-16-25)21-7-3-1-4-8-21/h1-19,27-29,33-34H,20H2/t27-,28-,29+/m1/s1. The molecule has 0 fully saturated rings. The Hall–Kier alpha value is -4.62. The van der Waals surface area contributed by atoms with Gasteiger partial charge in [0, 0.05) is 6.21 Å². The van der Waals surface area contributed by atoms with Crippen LogP contribution in [0.4, 0.5) is 4.39 Å². The molecule has 0 aliphatic carbocycles. The summed E-state index contributed by atoms with van der Waals surface area (Å²) in [6.45, 7) is -0.627. The van der Waals surface area contributed by atoms with Gasteiger partial charge in [0.05, 0.1) is 11.1 Å². The number of carbonyl (C=O) groups excluding carboxylic acids is 2. The van der Waals surface area contributed by atoms with Crippen molar-refractivity contribution >= 4 is 18.2 Å². The molecule has 4 rings (SSSR count). The third-order valence-corrected chi connectivity index (χ3v) is 5.94. The van der Waals surface area contributed by atoms with E-state index in [2.05, 4.69) is 0 Å². The molecule has 0 amide bonds. The van der Waals surface area contributed by atoms with E-state index in [1.54, 1.807) is 36.4 Å². The quantitative estimate of drug-likeness (QED) is 0.209. The van der Waals surface area contributed by atoms with Crippen LogP contribution in [0.3, 0.4) is 0 Å². The lowest BCUT2D eigenvalue weighted by Gasteiger charge is -2.24. The lowest BCUT2D eigenvalue weighted by Crippen LogP contribution is -2.42. The van der Waals surface area contributed by atoms with Gasteiger partial charge in [-0.05, 0) is 46.5 Å². The highest BCUT2D eigenvalue weighted by Crippen LogP contribution is 2.22. The number of halogens is 1. The first-order chi connectivity index (χ1) is 18.5. The Bertz CT molecular complexity index is 1360. The number of aliphatic hydroxyl groups excluding tert-OH is 1. The van der Waals surface area contributed by atoms with Gasteiger partial charge in [0.1, 0.15) is 12.7 Å². The second-order valence-electron chi connectivity index (χ2n) is 8.53. The van der Waals surface area contributed by atoms with E-state index in [1.807, 2.05) is 60.7 Å². The molecule has 2 N–H and O–H groups in total. The van der Waals surface area contributed by atoms with Crippen molar-refractivity contribution < 1.29 is 28.6 Å². The molecule has 192 valence electrons.